The average Bonchev–Trinajstić information content (AvgIpc) is 2.18. The van der Waals surface area contributed by atoms with Gasteiger partial charge < -0.3 is 5.73 Å². The second-order valence-electron chi connectivity index (χ2n) is 4.53. The molecule has 1 aliphatic rings. The van der Waals surface area contributed by atoms with Crippen LogP contribution in [0.2, 0.25) is 5.02 Å². The zero-order chi connectivity index (χ0) is 12.7. The van der Waals surface area contributed by atoms with Crippen LogP contribution in [0, 0.1) is 0 Å². The standard InChI is InChI=1S/C12H13ClF3N/c13-10-3-2-8(12(14,15)16)6-9(10)11(7-17)4-1-5-11/h2-3,6H,1,4-5,7,17H2. The first-order valence-electron chi connectivity index (χ1n) is 5.46. The highest BCUT2D eigenvalue weighted by atomic mass is 35.5. The summed E-state index contributed by atoms with van der Waals surface area (Å²) in [6, 6.07) is 3.47. The molecule has 0 atom stereocenters. The van der Waals surface area contributed by atoms with Gasteiger partial charge in [-0.3, -0.25) is 0 Å². The van der Waals surface area contributed by atoms with E-state index in [0.717, 1.165) is 31.4 Å². The van der Waals surface area contributed by atoms with Crippen molar-refractivity contribution >= 4 is 11.6 Å². The SMILES string of the molecule is NCC1(c2cc(C(F)(F)F)ccc2Cl)CCC1. The first-order chi connectivity index (χ1) is 7.89. The van der Waals surface area contributed by atoms with Crippen LogP contribution in [0.15, 0.2) is 18.2 Å². The van der Waals surface area contributed by atoms with Crippen LogP contribution in [0.4, 0.5) is 13.2 Å². The highest BCUT2D eigenvalue weighted by molar-refractivity contribution is 6.31. The number of hydrogen-bond acceptors (Lipinski definition) is 1. The largest absolute Gasteiger partial charge is 0.416 e. The molecule has 17 heavy (non-hydrogen) atoms. The molecule has 0 heterocycles. The van der Waals surface area contributed by atoms with Gasteiger partial charge in [-0.1, -0.05) is 18.0 Å². The summed E-state index contributed by atoms with van der Waals surface area (Å²) in [5, 5.41) is 0.378. The summed E-state index contributed by atoms with van der Waals surface area (Å²) in [4.78, 5) is 0. The normalized spacial score (nSPS) is 18.9. The first kappa shape index (κ1) is 12.7. The second-order valence-corrected chi connectivity index (χ2v) is 4.94. The Morgan fingerprint density at radius 2 is 1.94 bits per heavy atom. The average molecular weight is 264 g/mol. The third kappa shape index (κ3) is 2.16. The number of hydrogen-bond donors (Lipinski definition) is 1. The Bertz CT molecular complexity index is 419. The van der Waals surface area contributed by atoms with Crippen LogP contribution < -0.4 is 5.73 Å². The lowest BCUT2D eigenvalue weighted by Crippen LogP contribution is -2.41. The highest BCUT2D eigenvalue weighted by Gasteiger charge is 2.40. The summed E-state index contributed by atoms with van der Waals surface area (Å²) < 4.78 is 37.9. The molecule has 0 unspecified atom stereocenters. The molecule has 1 saturated carbocycles. The maximum Gasteiger partial charge on any atom is 0.416 e. The van der Waals surface area contributed by atoms with E-state index in [0.29, 0.717) is 17.1 Å². The fourth-order valence-corrected chi connectivity index (χ4v) is 2.61. The molecule has 5 heteroatoms. The molecule has 0 saturated heterocycles. The summed E-state index contributed by atoms with van der Waals surface area (Å²) in [6.45, 7) is 0.341. The molecule has 0 aliphatic heterocycles. The van der Waals surface area contributed by atoms with Gasteiger partial charge in [-0.15, -0.1) is 0 Å². The molecule has 0 radical (unpaired) electrons. The maximum atomic E-state index is 12.6. The quantitative estimate of drug-likeness (QED) is 0.864. The Labute approximate surface area is 103 Å². The predicted molar refractivity (Wildman–Crippen MR) is 61.0 cm³/mol. The molecule has 0 amide bonds. The van der Waals surface area contributed by atoms with E-state index >= 15 is 0 Å². The lowest BCUT2D eigenvalue weighted by atomic mass is 9.64. The summed E-state index contributed by atoms with van der Waals surface area (Å²) in [6.07, 6.45) is -1.72. The van der Waals surface area contributed by atoms with Crippen LogP contribution in [0.25, 0.3) is 0 Å². The molecule has 1 nitrogen and oxygen atoms in total. The molecule has 0 aromatic heterocycles. The van der Waals surface area contributed by atoms with Gasteiger partial charge in [0.25, 0.3) is 0 Å². The summed E-state index contributed by atoms with van der Waals surface area (Å²) in [5.74, 6) is 0. The van der Waals surface area contributed by atoms with Gasteiger partial charge in [0, 0.05) is 17.0 Å². The van der Waals surface area contributed by atoms with Gasteiger partial charge in [0.2, 0.25) is 0 Å². The van der Waals surface area contributed by atoms with Gasteiger partial charge in [0.1, 0.15) is 0 Å². The highest BCUT2D eigenvalue weighted by Crippen LogP contribution is 2.46. The van der Waals surface area contributed by atoms with Crippen molar-refractivity contribution in [1.82, 2.24) is 0 Å². The number of rotatable bonds is 2. The molecule has 2 rings (SSSR count). The van der Waals surface area contributed by atoms with Crippen LogP contribution in [0.1, 0.15) is 30.4 Å². The molecular formula is C12H13ClF3N. The van der Waals surface area contributed by atoms with Crippen LogP contribution >= 0.6 is 11.6 Å². The molecule has 1 fully saturated rings. The van der Waals surface area contributed by atoms with Crippen molar-refractivity contribution in [2.45, 2.75) is 30.9 Å². The summed E-state index contributed by atoms with van der Waals surface area (Å²) in [7, 11) is 0. The molecule has 0 bridgehead atoms. The molecule has 2 N–H and O–H groups in total. The van der Waals surface area contributed by atoms with E-state index in [4.69, 9.17) is 17.3 Å². The van der Waals surface area contributed by atoms with E-state index in [-0.39, 0.29) is 5.41 Å². The summed E-state index contributed by atoms with van der Waals surface area (Å²) >= 11 is 6.00. The zero-order valence-corrected chi connectivity index (χ0v) is 9.91. The minimum atomic E-state index is -4.33. The van der Waals surface area contributed by atoms with E-state index in [1.165, 1.54) is 6.07 Å². The molecule has 0 spiro atoms. The van der Waals surface area contributed by atoms with Crippen LogP contribution in [0.3, 0.4) is 0 Å². The Balaban J connectivity index is 2.46. The topological polar surface area (TPSA) is 26.0 Å². The van der Waals surface area contributed by atoms with Crippen molar-refractivity contribution in [3.05, 3.63) is 34.3 Å². The number of halogens is 4. The van der Waals surface area contributed by atoms with E-state index < -0.39 is 11.7 Å². The van der Waals surface area contributed by atoms with Crippen molar-refractivity contribution in [3.8, 4) is 0 Å². The Kier molecular flexibility index (Phi) is 3.12. The molecular weight excluding hydrogens is 251 g/mol. The van der Waals surface area contributed by atoms with Gasteiger partial charge in [-0.05, 0) is 36.6 Å². The van der Waals surface area contributed by atoms with Crippen LogP contribution in [-0.4, -0.2) is 6.54 Å². The molecule has 1 aliphatic carbocycles. The lowest BCUT2D eigenvalue weighted by molar-refractivity contribution is -0.137. The van der Waals surface area contributed by atoms with Crippen LogP contribution in [0.5, 0.6) is 0 Å². The molecule has 1 aromatic rings. The van der Waals surface area contributed by atoms with Gasteiger partial charge >= 0.3 is 6.18 Å². The van der Waals surface area contributed by atoms with Gasteiger partial charge in [0.15, 0.2) is 0 Å². The summed E-state index contributed by atoms with van der Waals surface area (Å²) in [5.41, 5.74) is 5.23. The van der Waals surface area contributed by atoms with Gasteiger partial charge in [0.05, 0.1) is 5.56 Å². The van der Waals surface area contributed by atoms with Crippen molar-refractivity contribution in [3.63, 3.8) is 0 Å². The lowest BCUT2D eigenvalue weighted by Gasteiger charge is -2.42. The minimum absolute atomic E-state index is 0.341. The second kappa shape index (κ2) is 4.18. The fourth-order valence-electron chi connectivity index (χ4n) is 2.29. The molecule has 1 aromatic carbocycles. The smallest absolute Gasteiger partial charge is 0.330 e. The minimum Gasteiger partial charge on any atom is -0.330 e. The third-order valence-electron chi connectivity index (χ3n) is 3.57. The Morgan fingerprint density at radius 3 is 2.35 bits per heavy atom. The predicted octanol–water partition coefficient (Wildman–Crippen LogP) is 3.74. The van der Waals surface area contributed by atoms with Crippen molar-refractivity contribution < 1.29 is 13.2 Å². The van der Waals surface area contributed by atoms with E-state index in [1.807, 2.05) is 0 Å². The molecule has 94 valence electrons. The zero-order valence-electron chi connectivity index (χ0n) is 9.15. The monoisotopic (exact) mass is 263 g/mol. The maximum absolute atomic E-state index is 12.6. The third-order valence-corrected chi connectivity index (χ3v) is 3.90. The van der Waals surface area contributed by atoms with Crippen molar-refractivity contribution in [2.75, 3.05) is 6.54 Å². The van der Waals surface area contributed by atoms with E-state index in [9.17, 15) is 13.2 Å². The number of nitrogens with two attached hydrogens (primary N) is 1. The van der Waals surface area contributed by atoms with E-state index in [1.54, 1.807) is 0 Å². The number of benzene rings is 1. The number of alkyl halides is 3. The Hall–Kier alpha value is -0.740. The Morgan fingerprint density at radius 1 is 1.29 bits per heavy atom. The fraction of sp³-hybridized carbons (Fsp3) is 0.500. The van der Waals surface area contributed by atoms with Gasteiger partial charge in [-0.2, -0.15) is 13.2 Å². The van der Waals surface area contributed by atoms with Gasteiger partial charge in [-0.25, -0.2) is 0 Å². The first-order valence-corrected chi connectivity index (χ1v) is 5.84. The van der Waals surface area contributed by atoms with Crippen molar-refractivity contribution in [1.29, 1.82) is 0 Å². The van der Waals surface area contributed by atoms with E-state index in [2.05, 4.69) is 0 Å². The van der Waals surface area contributed by atoms with Crippen LogP contribution in [-0.2, 0) is 11.6 Å². The van der Waals surface area contributed by atoms with Crippen molar-refractivity contribution in [2.24, 2.45) is 5.73 Å².